The number of rotatable bonds is 7. The van der Waals surface area contributed by atoms with Crippen molar-refractivity contribution in [3.8, 4) is 0 Å². The monoisotopic (exact) mass is 212 g/mol. The molecule has 0 aromatic carbocycles. The molecule has 0 aromatic heterocycles. The first-order valence-electron chi connectivity index (χ1n) is 6.42. The van der Waals surface area contributed by atoms with E-state index in [2.05, 4.69) is 17.1 Å². The summed E-state index contributed by atoms with van der Waals surface area (Å²) in [6.45, 7) is 8.78. The first-order chi connectivity index (χ1) is 7.38. The minimum atomic E-state index is 0.721. The van der Waals surface area contributed by atoms with Crippen LogP contribution in [0, 0.1) is 5.92 Å². The molecule has 0 spiro atoms. The Labute approximate surface area is 93.2 Å². The largest absolute Gasteiger partial charge is 0.380 e. The summed E-state index contributed by atoms with van der Waals surface area (Å²) in [5, 5.41) is 3.51. The van der Waals surface area contributed by atoms with E-state index in [0.717, 1.165) is 38.3 Å². The number of ether oxygens (including phenoxy) is 1. The standard InChI is InChI=1S/C12H24N2O/c1-2-13-12-5-6-14(9-12)7-8-15-10-11-3-4-11/h11-13H,2-10H2,1H3. The van der Waals surface area contributed by atoms with Crippen LogP contribution in [-0.4, -0.2) is 50.3 Å². The van der Waals surface area contributed by atoms with Gasteiger partial charge in [-0.1, -0.05) is 6.92 Å². The summed E-state index contributed by atoms with van der Waals surface area (Å²) < 4.78 is 5.65. The molecule has 1 aliphatic heterocycles. The Balaban J connectivity index is 1.48. The van der Waals surface area contributed by atoms with Gasteiger partial charge in [-0.2, -0.15) is 0 Å². The molecule has 0 aromatic rings. The summed E-state index contributed by atoms with van der Waals surface area (Å²) in [5.41, 5.74) is 0. The maximum Gasteiger partial charge on any atom is 0.0593 e. The van der Waals surface area contributed by atoms with Crippen LogP contribution >= 0.6 is 0 Å². The highest BCUT2D eigenvalue weighted by Gasteiger charge is 2.22. The van der Waals surface area contributed by atoms with Gasteiger partial charge in [-0.05, 0) is 38.3 Å². The molecule has 1 atom stereocenters. The third-order valence-corrected chi connectivity index (χ3v) is 3.37. The predicted octanol–water partition coefficient (Wildman–Crippen LogP) is 1.10. The van der Waals surface area contributed by atoms with Crippen molar-refractivity contribution in [3.05, 3.63) is 0 Å². The molecule has 0 bridgehead atoms. The van der Waals surface area contributed by atoms with E-state index in [1.54, 1.807) is 0 Å². The van der Waals surface area contributed by atoms with Crippen molar-refractivity contribution in [3.63, 3.8) is 0 Å². The second-order valence-electron chi connectivity index (χ2n) is 4.86. The molecule has 1 heterocycles. The van der Waals surface area contributed by atoms with Gasteiger partial charge < -0.3 is 10.1 Å². The lowest BCUT2D eigenvalue weighted by atomic mass is 10.3. The van der Waals surface area contributed by atoms with Crippen molar-refractivity contribution in [1.82, 2.24) is 10.2 Å². The van der Waals surface area contributed by atoms with Gasteiger partial charge in [0, 0.05) is 25.7 Å². The first-order valence-corrected chi connectivity index (χ1v) is 6.42. The van der Waals surface area contributed by atoms with Gasteiger partial charge in [0.2, 0.25) is 0 Å². The molecule has 2 fully saturated rings. The van der Waals surface area contributed by atoms with Crippen LogP contribution in [0.25, 0.3) is 0 Å². The molecule has 0 radical (unpaired) electrons. The highest BCUT2D eigenvalue weighted by atomic mass is 16.5. The molecule has 88 valence electrons. The Morgan fingerprint density at radius 2 is 2.20 bits per heavy atom. The number of likely N-dealkylation sites (N-methyl/N-ethyl adjacent to an activating group) is 1. The van der Waals surface area contributed by atoms with Gasteiger partial charge in [-0.25, -0.2) is 0 Å². The van der Waals surface area contributed by atoms with Crippen LogP contribution in [0.4, 0.5) is 0 Å². The maximum atomic E-state index is 5.65. The molecule has 1 saturated heterocycles. The van der Waals surface area contributed by atoms with E-state index in [-0.39, 0.29) is 0 Å². The average Bonchev–Trinajstić information content (AvgIpc) is 2.95. The van der Waals surface area contributed by atoms with Crippen molar-refractivity contribution >= 4 is 0 Å². The van der Waals surface area contributed by atoms with Crippen molar-refractivity contribution in [1.29, 1.82) is 0 Å². The summed E-state index contributed by atoms with van der Waals surface area (Å²) in [4.78, 5) is 2.51. The van der Waals surface area contributed by atoms with Gasteiger partial charge in [0.25, 0.3) is 0 Å². The maximum absolute atomic E-state index is 5.65. The molecular weight excluding hydrogens is 188 g/mol. The molecule has 15 heavy (non-hydrogen) atoms. The Hall–Kier alpha value is -0.120. The van der Waals surface area contributed by atoms with Gasteiger partial charge in [0.05, 0.1) is 6.61 Å². The highest BCUT2D eigenvalue weighted by molar-refractivity contribution is 4.80. The molecule has 1 aliphatic carbocycles. The van der Waals surface area contributed by atoms with E-state index in [1.165, 1.54) is 32.4 Å². The zero-order valence-corrected chi connectivity index (χ0v) is 9.87. The minimum Gasteiger partial charge on any atom is -0.380 e. The van der Waals surface area contributed by atoms with Crippen molar-refractivity contribution in [2.75, 3.05) is 39.4 Å². The van der Waals surface area contributed by atoms with E-state index in [0.29, 0.717) is 0 Å². The lowest BCUT2D eigenvalue weighted by Gasteiger charge is -2.16. The van der Waals surface area contributed by atoms with E-state index >= 15 is 0 Å². The Morgan fingerprint density at radius 1 is 1.33 bits per heavy atom. The number of hydrogen-bond acceptors (Lipinski definition) is 3. The fourth-order valence-corrected chi connectivity index (χ4v) is 2.22. The van der Waals surface area contributed by atoms with Crippen LogP contribution in [0.2, 0.25) is 0 Å². The fraction of sp³-hybridized carbons (Fsp3) is 1.00. The molecule has 1 saturated carbocycles. The van der Waals surface area contributed by atoms with Crippen LogP contribution in [0.3, 0.4) is 0 Å². The molecular formula is C12H24N2O. The van der Waals surface area contributed by atoms with Crippen LogP contribution in [0.5, 0.6) is 0 Å². The number of nitrogens with one attached hydrogen (secondary N) is 1. The zero-order valence-electron chi connectivity index (χ0n) is 9.87. The zero-order chi connectivity index (χ0) is 10.5. The molecule has 3 nitrogen and oxygen atoms in total. The van der Waals surface area contributed by atoms with Gasteiger partial charge >= 0.3 is 0 Å². The van der Waals surface area contributed by atoms with Gasteiger partial charge in [0.1, 0.15) is 0 Å². The van der Waals surface area contributed by atoms with Crippen LogP contribution in [0.1, 0.15) is 26.2 Å². The molecule has 2 rings (SSSR count). The van der Waals surface area contributed by atoms with Crippen molar-refractivity contribution < 1.29 is 4.74 Å². The predicted molar refractivity (Wildman–Crippen MR) is 62.1 cm³/mol. The van der Waals surface area contributed by atoms with Crippen molar-refractivity contribution in [2.45, 2.75) is 32.2 Å². The lowest BCUT2D eigenvalue weighted by molar-refractivity contribution is 0.102. The summed E-state index contributed by atoms with van der Waals surface area (Å²) in [6.07, 6.45) is 4.09. The second-order valence-corrected chi connectivity index (χ2v) is 4.86. The fourth-order valence-electron chi connectivity index (χ4n) is 2.22. The van der Waals surface area contributed by atoms with E-state index in [9.17, 15) is 0 Å². The van der Waals surface area contributed by atoms with Crippen molar-refractivity contribution in [2.24, 2.45) is 5.92 Å². The van der Waals surface area contributed by atoms with Crippen LogP contribution in [0.15, 0.2) is 0 Å². The number of likely N-dealkylation sites (tertiary alicyclic amines) is 1. The van der Waals surface area contributed by atoms with E-state index in [4.69, 9.17) is 4.74 Å². The second kappa shape index (κ2) is 5.83. The SMILES string of the molecule is CCNC1CCN(CCOCC2CC2)C1. The summed E-state index contributed by atoms with van der Waals surface area (Å²) in [6, 6.07) is 0.721. The number of nitrogens with zero attached hydrogens (tertiary/aromatic N) is 1. The number of hydrogen-bond donors (Lipinski definition) is 1. The Kier molecular flexibility index (Phi) is 4.42. The van der Waals surface area contributed by atoms with Gasteiger partial charge in [-0.15, -0.1) is 0 Å². The normalized spacial score (nSPS) is 27.4. The third-order valence-electron chi connectivity index (χ3n) is 3.37. The topological polar surface area (TPSA) is 24.5 Å². The highest BCUT2D eigenvalue weighted by Crippen LogP contribution is 2.28. The first kappa shape index (κ1) is 11.4. The quantitative estimate of drug-likeness (QED) is 0.640. The summed E-state index contributed by atoms with van der Waals surface area (Å²) >= 11 is 0. The molecule has 1 N–H and O–H groups in total. The van der Waals surface area contributed by atoms with E-state index in [1.807, 2.05) is 0 Å². The Morgan fingerprint density at radius 3 is 2.93 bits per heavy atom. The summed E-state index contributed by atoms with van der Waals surface area (Å²) in [7, 11) is 0. The van der Waals surface area contributed by atoms with E-state index < -0.39 is 0 Å². The van der Waals surface area contributed by atoms with Crippen LogP contribution < -0.4 is 5.32 Å². The Bertz CT molecular complexity index is 182. The van der Waals surface area contributed by atoms with Crippen LogP contribution in [-0.2, 0) is 4.74 Å². The van der Waals surface area contributed by atoms with Gasteiger partial charge in [-0.3, -0.25) is 4.90 Å². The average molecular weight is 212 g/mol. The molecule has 2 aliphatic rings. The molecule has 1 unspecified atom stereocenters. The summed E-state index contributed by atoms with van der Waals surface area (Å²) in [5.74, 6) is 0.901. The smallest absolute Gasteiger partial charge is 0.0593 e. The molecule has 0 amide bonds. The minimum absolute atomic E-state index is 0.721. The molecule has 3 heteroatoms. The third kappa shape index (κ3) is 4.09. The lowest BCUT2D eigenvalue weighted by Crippen LogP contribution is -2.33. The van der Waals surface area contributed by atoms with Gasteiger partial charge in [0.15, 0.2) is 0 Å².